The SMILES string of the molecule is COc1ccc(-n2nc(C)c3c2NC(=O)C[C@H]3c2cccs2)cc1. The fourth-order valence-electron chi connectivity index (χ4n) is 3.19. The van der Waals surface area contributed by atoms with E-state index in [-0.39, 0.29) is 11.8 Å². The summed E-state index contributed by atoms with van der Waals surface area (Å²) in [6.45, 7) is 2.00. The van der Waals surface area contributed by atoms with Crippen molar-refractivity contribution >= 4 is 23.1 Å². The molecular weight excluding hydrogens is 322 g/mol. The molecule has 3 aromatic rings. The maximum absolute atomic E-state index is 12.3. The molecule has 0 radical (unpaired) electrons. The molecule has 1 aromatic carbocycles. The Kier molecular flexibility index (Phi) is 3.61. The third-order valence-corrected chi connectivity index (χ3v) is 5.29. The number of fused-ring (bicyclic) bond motifs is 1. The number of anilines is 1. The van der Waals surface area contributed by atoms with Gasteiger partial charge in [0.1, 0.15) is 11.6 Å². The number of hydrogen-bond acceptors (Lipinski definition) is 4. The minimum atomic E-state index is 0.0237. The van der Waals surface area contributed by atoms with E-state index in [2.05, 4.69) is 16.5 Å². The van der Waals surface area contributed by atoms with E-state index in [0.29, 0.717) is 6.42 Å². The van der Waals surface area contributed by atoms with Crippen molar-refractivity contribution in [2.45, 2.75) is 19.3 Å². The summed E-state index contributed by atoms with van der Waals surface area (Å²) >= 11 is 1.68. The van der Waals surface area contributed by atoms with E-state index in [1.165, 1.54) is 4.88 Å². The monoisotopic (exact) mass is 339 g/mol. The van der Waals surface area contributed by atoms with E-state index in [1.807, 2.05) is 47.3 Å². The average Bonchev–Trinajstić information content (AvgIpc) is 3.23. The average molecular weight is 339 g/mol. The number of aromatic nitrogens is 2. The predicted molar refractivity (Wildman–Crippen MR) is 94.3 cm³/mol. The topological polar surface area (TPSA) is 56.1 Å². The van der Waals surface area contributed by atoms with E-state index < -0.39 is 0 Å². The zero-order chi connectivity index (χ0) is 16.7. The molecule has 1 atom stereocenters. The van der Waals surface area contributed by atoms with Gasteiger partial charge in [-0.05, 0) is 42.6 Å². The second kappa shape index (κ2) is 5.79. The van der Waals surface area contributed by atoms with Gasteiger partial charge in [0.25, 0.3) is 0 Å². The number of ether oxygens (including phenoxy) is 1. The maximum atomic E-state index is 12.3. The highest BCUT2D eigenvalue weighted by Gasteiger charge is 2.33. The van der Waals surface area contributed by atoms with Gasteiger partial charge in [-0.25, -0.2) is 4.68 Å². The van der Waals surface area contributed by atoms with Crippen LogP contribution in [0.4, 0.5) is 5.82 Å². The number of rotatable bonds is 3. The van der Waals surface area contributed by atoms with Gasteiger partial charge >= 0.3 is 0 Å². The van der Waals surface area contributed by atoms with Crippen molar-refractivity contribution < 1.29 is 9.53 Å². The summed E-state index contributed by atoms with van der Waals surface area (Å²) in [5.41, 5.74) is 2.94. The number of aryl methyl sites for hydroxylation is 1. The Morgan fingerprint density at radius 2 is 2.08 bits per heavy atom. The number of amides is 1. The predicted octanol–water partition coefficient (Wildman–Crippen LogP) is 3.72. The summed E-state index contributed by atoms with van der Waals surface area (Å²) < 4.78 is 7.02. The first-order valence-electron chi connectivity index (χ1n) is 7.74. The van der Waals surface area contributed by atoms with Crippen LogP contribution in [0.3, 0.4) is 0 Å². The molecule has 1 N–H and O–H groups in total. The normalized spacial score (nSPS) is 16.6. The molecule has 1 amide bonds. The van der Waals surface area contributed by atoms with Gasteiger partial charge < -0.3 is 10.1 Å². The van der Waals surface area contributed by atoms with Crippen LogP contribution >= 0.6 is 11.3 Å². The van der Waals surface area contributed by atoms with Gasteiger partial charge in [0.2, 0.25) is 5.91 Å². The molecule has 122 valence electrons. The van der Waals surface area contributed by atoms with Crippen molar-refractivity contribution in [2.24, 2.45) is 0 Å². The highest BCUT2D eigenvalue weighted by molar-refractivity contribution is 7.10. The summed E-state index contributed by atoms with van der Waals surface area (Å²) in [6, 6.07) is 11.8. The summed E-state index contributed by atoms with van der Waals surface area (Å²) in [7, 11) is 1.64. The Hall–Kier alpha value is -2.60. The van der Waals surface area contributed by atoms with Crippen LogP contribution < -0.4 is 10.1 Å². The van der Waals surface area contributed by atoms with Crippen molar-refractivity contribution in [2.75, 3.05) is 12.4 Å². The van der Waals surface area contributed by atoms with Crippen LogP contribution in [0.5, 0.6) is 5.75 Å². The highest BCUT2D eigenvalue weighted by Crippen LogP contribution is 2.41. The summed E-state index contributed by atoms with van der Waals surface area (Å²) in [4.78, 5) is 13.5. The van der Waals surface area contributed by atoms with E-state index in [0.717, 1.165) is 28.5 Å². The van der Waals surface area contributed by atoms with Gasteiger partial charge in [-0.2, -0.15) is 5.10 Å². The lowest BCUT2D eigenvalue weighted by atomic mass is 9.91. The molecule has 5 nitrogen and oxygen atoms in total. The second-order valence-electron chi connectivity index (χ2n) is 5.78. The van der Waals surface area contributed by atoms with Gasteiger partial charge in [0.05, 0.1) is 18.5 Å². The van der Waals surface area contributed by atoms with E-state index in [4.69, 9.17) is 4.74 Å². The molecule has 0 fully saturated rings. The molecule has 0 aliphatic carbocycles. The molecule has 0 saturated carbocycles. The maximum Gasteiger partial charge on any atom is 0.226 e. The molecular formula is C18H17N3O2S. The Bertz CT molecular complexity index is 882. The fraction of sp³-hybridized carbons (Fsp3) is 0.222. The van der Waals surface area contributed by atoms with Crippen molar-refractivity contribution in [3.05, 3.63) is 57.9 Å². The molecule has 2 aromatic heterocycles. The quantitative estimate of drug-likeness (QED) is 0.791. The van der Waals surface area contributed by atoms with Crippen LogP contribution in [0.15, 0.2) is 41.8 Å². The van der Waals surface area contributed by atoms with Gasteiger partial charge in [0.15, 0.2) is 0 Å². The minimum Gasteiger partial charge on any atom is -0.497 e. The third kappa shape index (κ3) is 2.39. The lowest BCUT2D eigenvalue weighted by Crippen LogP contribution is -2.24. The van der Waals surface area contributed by atoms with Crippen molar-refractivity contribution in [1.82, 2.24) is 9.78 Å². The Morgan fingerprint density at radius 1 is 1.29 bits per heavy atom. The molecule has 1 aliphatic heterocycles. The van der Waals surface area contributed by atoms with Crippen LogP contribution in [-0.4, -0.2) is 22.8 Å². The first-order chi connectivity index (χ1) is 11.7. The summed E-state index contributed by atoms with van der Waals surface area (Å²) in [5, 5.41) is 9.73. The van der Waals surface area contributed by atoms with Crippen molar-refractivity contribution in [1.29, 1.82) is 0 Å². The molecule has 6 heteroatoms. The summed E-state index contributed by atoms with van der Waals surface area (Å²) in [5.74, 6) is 1.65. The van der Waals surface area contributed by atoms with Gasteiger partial charge in [-0.15, -0.1) is 11.3 Å². The Balaban J connectivity index is 1.84. The van der Waals surface area contributed by atoms with Crippen molar-refractivity contribution in [3.63, 3.8) is 0 Å². The van der Waals surface area contributed by atoms with E-state index in [1.54, 1.807) is 18.4 Å². The number of hydrogen-bond donors (Lipinski definition) is 1. The zero-order valence-corrected chi connectivity index (χ0v) is 14.3. The van der Waals surface area contributed by atoms with Crippen LogP contribution in [0, 0.1) is 6.92 Å². The number of benzene rings is 1. The van der Waals surface area contributed by atoms with Crippen LogP contribution in [0.25, 0.3) is 5.69 Å². The third-order valence-electron chi connectivity index (χ3n) is 4.31. The first-order valence-corrected chi connectivity index (χ1v) is 8.62. The number of carbonyl (C=O) groups excluding carboxylic acids is 1. The Labute approximate surface area is 143 Å². The van der Waals surface area contributed by atoms with Gasteiger partial charge in [-0.3, -0.25) is 4.79 Å². The molecule has 0 bridgehead atoms. The lowest BCUT2D eigenvalue weighted by Gasteiger charge is -2.23. The molecule has 24 heavy (non-hydrogen) atoms. The first kappa shape index (κ1) is 15.0. The second-order valence-corrected chi connectivity index (χ2v) is 6.76. The number of methoxy groups -OCH3 is 1. The number of nitrogens with zero attached hydrogens (tertiary/aromatic N) is 2. The highest BCUT2D eigenvalue weighted by atomic mass is 32.1. The van der Waals surface area contributed by atoms with Gasteiger partial charge in [0, 0.05) is 22.8 Å². The standard InChI is InChI=1S/C18H17N3O2S/c1-11-17-14(15-4-3-9-24-15)10-16(22)19-18(17)21(20-11)12-5-7-13(23-2)8-6-12/h3-9,14H,10H2,1-2H3,(H,19,22)/t14-/m0/s1. The fourth-order valence-corrected chi connectivity index (χ4v) is 4.03. The van der Waals surface area contributed by atoms with E-state index >= 15 is 0 Å². The molecule has 4 rings (SSSR count). The zero-order valence-electron chi connectivity index (χ0n) is 13.4. The van der Waals surface area contributed by atoms with Crippen LogP contribution in [0.2, 0.25) is 0 Å². The molecule has 3 heterocycles. The van der Waals surface area contributed by atoms with Gasteiger partial charge in [-0.1, -0.05) is 6.07 Å². The van der Waals surface area contributed by atoms with Crippen LogP contribution in [0.1, 0.15) is 28.5 Å². The molecule has 0 saturated heterocycles. The minimum absolute atomic E-state index is 0.0237. The summed E-state index contributed by atoms with van der Waals surface area (Å²) in [6.07, 6.45) is 0.461. The molecule has 1 aliphatic rings. The molecule has 0 spiro atoms. The Morgan fingerprint density at radius 3 is 2.75 bits per heavy atom. The molecule has 0 unspecified atom stereocenters. The van der Waals surface area contributed by atoms with E-state index in [9.17, 15) is 4.79 Å². The number of carbonyl (C=O) groups is 1. The largest absolute Gasteiger partial charge is 0.497 e. The van der Waals surface area contributed by atoms with Crippen molar-refractivity contribution in [3.8, 4) is 11.4 Å². The smallest absolute Gasteiger partial charge is 0.226 e. The lowest BCUT2D eigenvalue weighted by molar-refractivity contribution is -0.116. The number of nitrogens with one attached hydrogen (secondary N) is 1. The van der Waals surface area contributed by atoms with Crippen LogP contribution in [-0.2, 0) is 4.79 Å². The number of thiophene rings is 1.